The van der Waals surface area contributed by atoms with Crippen molar-refractivity contribution in [2.24, 2.45) is 0 Å². The fourth-order valence-electron chi connectivity index (χ4n) is 1.25. The molecule has 0 bridgehead atoms. The van der Waals surface area contributed by atoms with Gasteiger partial charge in [0.1, 0.15) is 0 Å². The van der Waals surface area contributed by atoms with E-state index in [0.29, 0.717) is 0 Å². The lowest BCUT2D eigenvalue weighted by Crippen LogP contribution is -2.45. The first-order chi connectivity index (χ1) is 7.36. The third kappa shape index (κ3) is 1.81. The number of sulfone groups is 1. The number of carboxylic acids is 1. The predicted molar refractivity (Wildman–Crippen MR) is 56.5 cm³/mol. The number of aliphatic carboxylic acids is 1. The standard InChI is InChI=1S/C10H12O5S/c1-2-10(13,9(11)12)16(14,15)8-6-4-3-5-7-8/h3-7,13H,2H2,1H3,(H,11,12). The summed E-state index contributed by atoms with van der Waals surface area (Å²) >= 11 is 0. The first-order valence-corrected chi connectivity index (χ1v) is 6.10. The quantitative estimate of drug-likeness (QED) is 0.811. The molecule has 0 heterocycles. The molecule has 88 valence electrons. The van der Waals surface area contributed by atoms with Crippen molar-refractivity contribution in [3.63, 3.8) is 0 Å². The van der Waals surface area contributed by atoms with Crippen LogP contribution in [0.2, 0.25) is 0 Å². The lowest BCUT2D eigenvalue weighted by molar-refractivity contribution is -0.150. The van der Waals surface area contributed by atoms with Gasteiger partial charge in [0.05, 0.1) is 4.90 Å². The molecule has 0 fully saturated rings. The summed E-state index contributed by atoms with van der Waals surface area (Å²) < 4.78 is 23.8. The Morgan fingerprint density at radius 3 is 2.19 bits per heavy atom. The molecule has 0 saturated carbocycles. The van der Waals surface area contributed by atoms with E-state index in [1.807, 2.05) is 0 Å². The number of aliphatic hydroxyl groups is 1. The topological polar surface area (TPSA) is 91.7 Å². The van der Waals surface area contributed by atoms with Crippen molar-refractivity contribution in [1.82, 2.24) is 0 Å². The van der Waals surface area contributed by atoms with Crippen molar-refractivity contribution in [3.05, 3.63) is 30.3 Å². The van der Waals surface area contributed by atoms with E-state index in [0.717, 1.165) is 0 Å². The van der Waals surface area contributed by atoms with Crippen molar-refractivity contribution in [1.29, 1.82) is 0 Å². The Labute approximate surface area is 93.3 Å². The van der Waals surface area contributed by atoms with Gasteiger partial charge in [0.15, 0.2) is 0 Å². The summed E-state index contributed by atoms with van der Waals surface area (Å²) in [5, 5.41) is 18.5. The molecular formula is C10H12O5S. The number of carbonyl (C=O) groups is 1. The van der Waals surface area contributed by atoms with E-state index >= 15 is 0 Å². The monoisotopic (exact) mass is 244 g/mol. The summed E-state index contributed by atoms with van der Waals surface area (Å²) in [6.07, 6.45) is -0.417. The van der Waals surface area contributed by atoms with Crippen molar-refractivity contribution >= 4 is 15.8 Å². The van der Waals surface area contributed by atoms with Crippen LogP contribution in [0.15, 0.2) is 35.2 Å². The van der Waals surface area contributed by atoms with Gasteiger partial charge in [-0.15, -0.1) is 0 Å². The molecule has 6 heteroatoms. The van der Waals surface area contributed by atoms with Crippen LogP contribution in [0.5, 0.6) is 0 Å². The van der Waals surface area contributed by atoms with Crippen LogP contribution in [-0.2, 0) is 14.6 Å². The molecule has 1 aromatic carbocycles. The molecular weight excluding hydrogens is 232 g/mol. The molecule has 0 aliphatic carbocycles. The molecule has 1 atom stereocenters. The third-order valence-corrected chi connectivity index (χ3v) is 4.56. The summed E-state index contributed by atoms with van der Waals surface area (Å²) in [5.41, 5.74) is 0. The Morgan fingerprint density at radius 1 is 1.31 bits per heavy atom. The minimum Gasteiger partial charge on any atom is -0.478 e. The average Bonchev–Trinajstić information content (AvgIpc) is 2.28. The molecule has 1 aromatic rings. The summed E-state index contributed by atoms with van der Waals surface area (Å²) in [4.78, 5) is 7.87. The molecule has 5 nitrogen and oxygen atoms in total. The van der Waals surface area contributed by atoms with Crippen LogP contribution in [-0.4, -0.2) is 29.5 Å². The normalized spacial score (nSPS) is 15.4. The SMILES string of the molecule is CCC(O)(C(=O)O)S(=O)(=O)c1ccccc1. The maximum atomic E-state index is 11.9. The molecule has 0 amide bonds. The molecule has 0 saturated heterocycles. The minimum absolute atomic E-state index is 0.207. The number of rotatable bonds is 4. The lowest BCUT2D eigenvalue weighted by atomic mass is 10.3. The van der Waals surface area contributed by atoms with E-state index in [9.17, 15) is 18.3 Å². The summed E-state index contributed by atoms with van der Waals surface area (Å²) in [6, 6.07) is 7.03. The molecule has 0 aliphatic rings. The van der Waals surface area contributed by atoms with Gasteiger partial charge < -0.3 is 10.2 Å². The van der Waals surface area contributed by atoms with Gasteiger partial charge in [-0.05, 0) is 18.6 Å². The second-order valence-electron chi connectivity index (χ2n) is 3.26. The minimum atomic E-state index is -4.29. The second kappa shape index (κ2) is 4.23. The highest BCUT2D eigenvalue weighted by Gasteiger charge is 2.48. The molecule has 0 spiro atoms. The van der Waals surface area contributed by atoms with Crippen LogP contribution in [0.4, 0.5) is 0 Å². The van der Waals surface area contributed by atoms with Crippen LogP contribution in [0.3, 0.4) is 0 Å². The number of carboxylic acid groups (broad SMARTS) is 1. The summed E-state index contributed by atoms with van der Waals surface area (Å²) in [7, 11) is -4.29. The summed E-state index contributed by atoms with van der Waals surface area (Å²) in [6.45, 7) is 1.30. The van der Waals surface area contributed by atoms with Gasteiger partial charge in [-0.25, -0.2) is 13.2 Å². The largest absolute Gasteiger partial charge is 0.478 e. The van der Waals surface area contributed by atoms with Gasteiger partial charge in [-0.1, -0.05) is 25.1 Å². The Kier molecular flexibility index (Phi) is 3.35. The van der Waals surface area contributed by atoms with E-state index in [1.165, 1.54) is 31.2 Å². The Balaban J connectivity index is 3.37. The van der Waals surface area contributed by atoms with Crippen LogP contribution < -0.4 is 0 Å². The highest BCUT2D eigenvalue weighted by molar-refractivity contribution is 7.93. The van der Waals surface area contributed by atoms with E-state index in [1.54, 1.807) is 6.07 Å². The van der Waals surface area contributed by atoms with Crippen molar-refractivity contribution < 1.29 is 23.4 Å². The first-order valence-electron chi connectivity index (χ1n) is 4.61. The number of hydrogen-bond acceptors (Lipinski definition) is 4. The molecule has 0 radical (unpaired) electrons. The second-order valence-corrected chi connectivity index (χ2v) is 5.41. The first kappa shape index (κ1) is 12.7. The van der Waals surface area contributed by atoms with Gasteiger partial charge in [-0.2, -0.15) is 0 Å². The summed E-state index contributed by atoms with van der Waals surface area (Å²) in [5.74, 6) is -1.76. The van der Waals surface area contributed by atoms with Crippen LogP contribution in [0.1, 0.15) is 13.3 Å². The molecule has 1 unspecified atom stereocenters. The van der Waals surface area contributed by atoms with Crippen LogP contribution >= 0.6 is 0 Å². The van der Waals surface area contributed by atoms with E-state index in [-0.39, 0.29) is 4.90 Å². The zero-order valence-electron chi connectivity index (χ0n) is 8.62. The van der Waals surface area contributed by atoms with Gasteiger partial charge in [0.2, 0.25) is 9.84 Å². The Hall–Kier alpha value is -1.40. The zero-order chi connectivity index (χ0) is 12.4. The fourth-order valence-corrected chi connectivity index (χ4v) is 2.77. The average molecular weight is 244 g/mol. The molecule has 16 heavy (non-hydrogen) atoms. The zero-order valence-corrected chi connectivity index (χ0v) is 9.44. The molecule has 0 aromatic heterocycles. The predicted octanol–water partition coefficient (Wildman–Crippen LogP) is 0.643. The smallest absolute Gasteiger partial charge is 0.352 e. The van der Waals surface area contributed by atoms with Gasteiger partial charge in [-0.3, -0.25) is 0 Å². The number of hydrogen-bond donors (Lipinski definition) is 2. The van der Waals surface area contributed by atoms with Gasteiger partial charge in [0.25, 0.3) is 4.93 Å². The highest BCUT2D eigenvalue weighted by atomic mass is 32.2. The maximum absolute atomic E-state index is 11.9. The number of benzene rings is 1. The van der Waals surface area contributed by atoms with E-state index in [4.69, 9.17) is 5.11 Å². The maximum Gasteiger partial charge on any atom is 0.352 e. The van der Waals surface area contributed by atoms with E-state index < -0.39 is 27.2 Å². The van der Waals surface area contributed by atoms with Crippen LogP contribution in [0, 0.1) is 0 Å². The third-order valence-electron chi connectivity index (χ3n) is 2.31. The van der Waals surface area contributed by atoms with Crippen molar-refractivity contribution in [2.75, 3.05) is 0 Å². The van der Waals surface area contributed by atoms with Crippen LogP contribution in [0.25, 0.3) is 0 Å². The van der Waals surface area contributed by atoms with Crippen molar-refractivity contribution in [2.45, 2.75) is 23.2 Å². The van der Waals surface area contributed by atoms with Gasteiger partial charge >= 0.3 is 5.97 Å². The Bertz CT molecular complexity index is 479. The lowest BCUT2D eigenvalue weighted by Gasteiger charge is -2.21. The fraction of sp³-hybridized carbons (Fsp3) is 0.300. The molecule has 1 rings (SSSR count). The highest BCUT2D eigenvalue weighted by Crippen LogP contribution is 2.26. The molecule has 2 N–H and O–H groups in total. The van der Waals surface area contributed by atoms with Gasteiger partial charge in [0, 0.05) is 0 Å². The van der Waals surface area contributed by atoms with Crippen molar-refractivity contribution in [3.8, 4) is 0 Å². The van der Waals surface area contributed by atoms with E-state index in [2.05, 4.69) is 0 Å². The Morgan fingerprint density at radius 2 is 1.81 bits per heavy atom. The molecule has 0 aliphatic heterocycles.